The molecule has 2 heteroatoms. The van der Waals surface area contributed by atoms with Crippen LogP contribution in [0.15, 0.2) is 60.7 Å². The van der Waals surface area contributed by atoms with E-state index in [1.165, 1.54) is 32.1 Å². The van der Waals surface area contributed by atoms with Crippen LogP contribution in [0.1, 0.15) is 46.0 Å². The zero-order valence-electron chi connectivity index (χ0n) is 15.5. The van der Waals surface area contributed by atoms with Crippen molar-refractivity contribution in [3.63, 3.8) is 0 Å². The first-order chi connectivity index (χ1) is 12.3. The summed E-state index contributed by atoms with van der Waals surface area (Å²) in [6, 6.07) is 22.9. The molecular weight excluding hydrogens is 338 g/mol. The minimum atomic E-state index is -0.229. The van der Waals surface area contributed by atoms with E-state index >= 15 is 0 Å². The summed E-state index contributed by atoms with van der Waals surface area (Å²) in [6.07, 6.45) is 7.34. The van der Waals surface area contributed by atoms with Crippen LogP contribution in [-0.4, -0.2) is 22.6 Å². The van der Waals surface area contributed by atoms with Crippen LogP contribution in [0.4, 0.5) is 0 Å². The maximum Gasteiger partial charge on any atom is -0.00609 e. The van der Waals surface area contributed by atoms with Gasteiger partial charge in [0.25, 0.3) is 0 Å². The Bertz CT molecular complexity index is 620. The van der Waals surface area contributed by atoms with Gasteiger partial charge in [0, 0.05) is 0 Å². The lowest BCUT2D eigenvalue weighted by molar-refractivity contribution is 0.777. The first-order valence-corrected chi connectivity index (χ1v) is 12.9. The van der Waals surface area contributed by atoms with Crippen molar-refractivity contribution in [1.29, 1.82) is 0 Å². The number of rotatable bonds is 4. The molecule has 0 radical (unpaired) electrons. The Labute approximate surface area is 155 Å². The second-order valence-electron chi connectivity index (χ2n) is 7.83. The molecule has 1 saturated carbocycles. The van der Waals surface area contributed by atoms with Gasteiger partial charge in [0.05, 0.1) is 0 Å². The van der Waals surface area contributed by atoms with Crippen molar-refractivity contribution in [3.05, 3.63) is 60.7 Å². The van der Waals surface area contributed by atoms with Crippen molar-refractivity contribution in [3.8, 4) is 0 Å². The van der Waals surface area contributed by atoms with Crippen LogP contribution in [-0.2, 0) is 0 Å². The molecule has 0 aromatic heterocycles. The van der Waals surface area contributed by atoms with Gasteiger partial charge in [0.15, 0.2) is 0 Å². The Morgan fingerprint density at radius 1 is 0.720 bits per heavy atom. The zero-order chi connectivity index (χ0) is 17.2. The van der Waals surface area contributed by atoms with Crippen LogP contribution in [0, 0.1) is 0 Å². The van der Waals surface area contributed by atoms with Crippen LogP contribution < -0.4 is 10.6 Å². The number of hydrogen-bond donors (Lipinski definition) is 0. The quantitative estimate of drug-likeness (QED) is 0.573. The Hall–Kier alpha value is -0.700. The first kappa shape index (κ1) is 17.7. The normalized spacial score (nSPS) is 30.2. The SMILES string of the molecule is C[C@H]1CC[C@H](C)P1C1CCCC1P(c1ccccc1)c1ccccc1. The Morgan fingerprint density at radius 3 is 1.76 bits per heavy atom. The summed E-state index contributed by atoms with van der Waals surface area (Å²) in [5.74, 6) is 0. The largest absolute Gasteiger partial charge is 0.0970 e. The fourth-order valence-corrected chi connectivity index (χ4v) is 13.1. The van der Waals surface area contributed by atoms with Crippen LogP contribution in [0.3, 0.4) is 0 Å². The molecule has 2 aliphatic rings. The van der Waals surface area contributed by atoms with E-state index in [1.54, 1.807) is 10.6 Å². The standard InChI is InChI=1S/C23H30P2/c1-18-16-17-19(2)24(18)22-14-9-15-23(22)25(20-10-5-3-6-11-20)21-12-7-4-8-13-21/h3-8,10-13,18-19,22-23H,9,14-17H2,1-2H3/t18-,19-,22?,23?/m0/s1. The summed E-state index contributed by atoms with van der Waals surface area (Å²) in [6.45, 7) is 5.11. The van der Waals surface area contributed by atoms with Gasteiger partial charge >= 0.3 is 0 Å². The molecule has 1 saturated heterocycles. The van der Waals surface area contributed by atoms with Gasteiger partial charge in [-0.05, 0) is 66.8 Å². The summed E-state index contributed by atoms with van der Waals surface area (Å²) in [4.78, 5) is 0. The monoisotopic (exact) mass is 368 g/mol. The van der Waals surface area contributed by atoms with E-state index in [0.29, 0.717) is 0 Å². The maximum absolute atomic E-state index is 2.55. The molecule has 0 bridgehead atoms. The molecule has 2 fully saturated rings. The minimum Gasteiger partial charge on any atom is -0.0970 e. The molecule has 4 atom stereocenters. The summed E-state index contributed by atoms with van der Waals surface area (Å²) >= 11 is 0. The Kier molecular flexibility index (Phi) is 5.59. The maximum atomic E-state index is 2.55. The highest BCUT2D eigenvalue weighted by atomic mass is 31.1. The van der Waals surface area contributed by atoms with Gasteiger partial charge < -0.3 is 0 Å². The van der Waals surface area contributed by atoms with Gasteiger partial charge in [-0.15, -0.1) is 0 Å². The lowest BCUT2D eigenvalue weighted by Crippen LogP contribution is -2.29. The third-order valence-corrected chi connectivity index (χ3v) is 13.4. The molecule has 2 aromatic carbocycles. The van der Waals surface area contributed by atoms with Crippen molar-refractivity contribution >= 4 is 26.5 Å². The lowest BCUT2D eigenvalue weighted by Gasteiger charge is -2.37. The smallest absolute Gasteiger partial charge is 0.00609 e. The molecule has 2 aromatic rings. The topological polar surface area (TPSA) is 0 Å². The molecule has 2 unspecified atom stereocenters. The summed E-state index contributed by atoms with van der Waals surface area (Å²) in [5.41, 5.74) is 3.86. The third-order valence-electron chi connectivity index (χ3n) is 6.25. The van der Waals surface area contributed by atoms with Gasteiger partial charge in [-0.2, -0.15) is 0 Å². The van der Waals surface area contributed by atoms with E-state index < -0.39 is 0 Å². The van der Waals surface area contributed by atoms with Crippen molar-refractivity contribution in [1.82, 2.24) is 0 Å². The first-order valence-electron chi connectivity index (χ1n) is 9.92. The summed E-state index contributed by atoms with van der Waals surface area (Å²) in [7, 11) is -0.0343. The highest BCUT2D eigenvalue weighted by Crippen LogP contribution is 2.66. The summed E-state index contributed by atoms with van der Waals surface area (Å²) in [5, 5.41) is 3.19. The molecule has 0 amide bonds. The van der Waals surface area contributed by atoms with Crippen LogP contribution in [0.25, 0.3) is 0 Å². The van der Waals surface area contributed by atoms with Crippen molar-refractivity contribution in [2.45, 2.75) is 68.6 Å². The predicted molar refractivity (Wildman–Crippen MR) is 116 cm³/mol. The fraction of sp³-hybridized carbons (Fsp3) is 0.478. The van der Waals surface area contributed by atoms with Gasteiger partial charge in [0.1, 0.15) is 0 Å². The van der Waals surface area contributed by atoms with E-state index in [4.69, 9.17) is 0 Å². The molecule has 4 rings (SSSR count). The van der Waals surface area contributed by atoms with Crippen LogP contribution in [0.2, 0.25) is 0 Å². The van der Waals surface area contributed by atoms with E-state index in [-0.39, 0.29) is 15.8 Å². The lowest BCUT2D eigenvalue weighted by atomic mass is 10.2. The van der Waals surface area contributed by atoms with E-state index in [1.807, 2.05) is 0 Å². The molecule has 25 heavy (non-hydrogen) atoms. The number of benzene rings is 2. The highest BCUT2D eigenvalue weighted by molar-refractivity contribution is 7.74. The minimum absolute atomic E-state index is 0.195. The second-order valence-corrected chi connectivity index (χ2v) is 13.6. The molecule has 1 heterocycles. The van der Waals surface area contributed by atoms with Crippen molar-refractivity contribution in [2.75, 3.05) is 0 Å². The zero-order valence-corrected chi connectivity index (χ0v) is 17.3. The van der Waals surface area contributed by atoms with Gasteiger partial charge in [-0.3, -0.25) is 0 Å². The Balaban J connectivity index is 1.71. The van der Waals surface area contributed by atoms with Crippen LogP contribution in [0.5, 0.6) is 0 Å². The molecule has 1 aliphatic heterocycles. The fourth-order valence-electron chi connectivity index (χ4n) is 5.15. The molecule has 0 spiro atoms. The van der Waals surface area contributed by atoms with Crippen LogP contribution >= 0.6 is 15.8 Å². The van der Waals surface area contributed by atoms with Gasteiger partial charge in [0.2, 0.25) is 0 Å². The molecule has 1 aliphatic carbocycles. The Morgan fingerprint density at radius 2 is 1.24 bits per heavy atom. The summed E-state index contributed by atoms with van der Waals surface area (Å²) < 4.78 is 0. The van der Waals surface area contributed by atoms with E-state index in [0.717, 1.165) is 22.6 Å². The van der Waals surface area contributed by atoms with Gasteiger partial charge in [-0.1, -0.05) is 88.9 Å². The highest BCUT2D eigenvalue weighted by Gasteiger charge is 2.44. The van der Waals surface area contributed by atoms with Crippen molar-refractivity contribution in [2.24, 2.45) is 0 Å². The van der Waals surface area contributed by atoms with Gasteiger partial charge in [-0.25, -0.2) is 0 Å². The predicted octanol–water partition coefficient (Wildman–Crippen LogP) is 6.09. The average Bonchev–Trinajstić information content (AvgIpc) is 3.23. The third kappa shape index (κ3) is 3.59. The molecule has 0 nitrogen and oxygen atoms in total. The van der Waals surface area contributed by atoms with E-state index in [9.17, 15) is 0 Å². The molecule has 0 N–H and O–H groups in total. The average molecular weight is 368 g/mol. The van der Waals surface area contributed by atoms with Crippen molar-refractivity contribution < 1.29 is 0 Å². The number of hydrogen-bond acceptors (Lipinski definition) is 0. The molecule has 132 valence electrons. The molecular formula is C23H30P2. The van der Waals surface area contributed by atoms with E-state index in [2.05, 4.69) is 74.5 Å². The second kappa shape index (κ2) is 7.90.